The van der Waals surface area contributed by atoms with Gasteiger partial charge in [0.05, 0.1) is 30.2 Å². The fourth-order valence-electron chi connectivity index (χ4n) is 3.43. The molecule has 5 heteroatoms. The zero-order valence-electron chi connectivity index (χ0n) is 16.7. The van der Waals surface area contributed by atoms with Crippen molar-refractivity contribution in [2.75, 3.05) is 6.61 Å². The van der Waals surface area contributed by atoms with E-state index in [2.05, 4.69) is 20.8 Å². The molecule has 0 spiro atoms. The van der Waals surface area contributed by atoms with E-state index < -0.39 is 12.0 Å². The average Bonchev–Trinajstić information content (AvgIpc) is 2.91. The first-order chi connectivity index (χ1) is 13.2. The number of hydrogen-bond acceptors (Lipinski definition) is 4. The van der Waals surface area contributed by atoms with E-state index in [0.29, 0.717) is 11.1 Å². The number of amides is 2. The first-order valence-corrected chi connectivity index (χ1v) is 9.47. The van der Waals surface area contributed by atoms with Gasteiger partial charge in [0.25, 0.3) is 11.8 Å². The average molecular weight is 379 g/mol. The number of rotatable bonds is 5. The van der Waals surface area contributed by atoms with Crippen LogP contribution < -0.4 is 0 Å². The van der Waals surface area contributed by atoms with Gasteiger partial charge in [0, 0.05) is 0 Å². The summed E-state index contributed by atoms with van der Waals surface area (Å²) in [4.78, 5) is 39.3. The van der Waals surface area contributed by atoms with Crippen LogP contribution in [-0.2, 0) is 14.9 Å². The third-order valence-electron chi connectivity index (χ3n) is 4.96. The van der Waals surface area contributed by atoms with Crippen molar-refractivity contribution >= 4 is 17.8 Å². The van der Waals surface area contributed by atoms with E-state index in [1.807, 2.05) is 24.3 Å². The standard InChI is InChI=1S/C23H25NO4/c1-5-28-20(25)14-19(15-10-12-16(13-11-15)23(2,3)4)24-21(26)17-8-6-7-9-18(17)22(24)27/h6-13,19H,5,14H2,1-4H3. The van der Waals surface area contributed by atoms with Gasteiger partial charge in [0.1, 0.15) is 0 Å². The molecule has 0 fully saturated rings. The van der Waals surface area contributed by atoms with Gasteiger partial charge < -0.3 is 4.74 Å². The SMILES string of the molecule is CCOC(=O)CC(c1ccc(C(C)(C)C)cc1)N1C(=O)c2ccccc2C1=O. The van der Waals surface area contributed by atoms with Crippen LogP contribution in [0.4, 0.5) is 0 Å². The summed E-state index contributed by atoms with van der Waals surface area (Å²) in [5.74, 6) is -1.20. The molecule has 0 aromatic heterocycles. The predicted molar refractivity (Wildman–Crippen MR) is 106 cm³/mol. The van der Waals surface area contributed by atoms with Crippen LogP contribution in [-0.4, -0.2) is 29.3 Å². The highest BCUT2D eigenvalue weighted by atomic mass is 16.5. The first-order valence-electron chi connectivity index (χ1n) is 9.47. The Labute approximate surface area is 165 Å². The van der Waals surface area contributed by atoms with Crippen LogP contribution in [0, 0.1) is 0 Å². The molecule has 5 nitrogen and oxygen atoms in total. The van der Waals surface area contributed by atoms with Crippen molar-refractivity contribution in [3.63, 3.8) is 0 Å². The zero-order chi connectivity index (χ0) is 20.5. The fraction of sp³-hybridized carbons (Fsp3) is 0.348. The Morgan fingerprint density at radius 1 is 0.964 bits per heavy atom. The third kappa shape index (κ3) is 3.70. The molecule has 3 rings (SSSR count). The number of ether oxygens (including phenoxy) is 1. The van der Waals surface area contributed by atoms with E-state index in [-0.39, 0.29) is 30.3 Å². The lowest BCUT2D eigenvalue weighted by atomic mass is 9.86. The monoisotopic (exact) mass is 379 g/mol. The van der Waals surface area contributed by atoms with E-state index in [1.54, 1.807) is 31.2 Å². The summed E-state index contributed by atoms with van der Waals surface area (Å²) < 4.78 is 5.09. The molecular formula is C23H25NO4. The molecule has 146 valence electrons. The molecule has 0 bridgehead atoms. The molecule has 2 aromatic rings. The Hall–Kier alpha value is -2.95. The van der Waals surface area contributed by atoms with E-state index in [1.165, 1.54) is 4.90 Å². The predicted octanol–water partition coefficient (Wildman–Crippen LogP) is 4.27. The summed E-state index contributed by atoms with van der Waals surface area (Å²) in [5.41, 5.74) is 2.58. The van der Waals surface area contributed by atoms with Crippen LogP contribution in [0.1, 0.15) is 72.0 Å². The van der Waals surface area contributed by atoms with Gasteiger partial charge >= 0.3 is 5.97 Å². The fourth-order valence-corrected chi connectivity index (χ4v) is 3.43. The van der Waals surface area contributed by atoms with Crippen LogP contribution in [0.2, 0.25) is 0 Å². The molecule has 0 saturated heterocycles. The number of nitrogens with zero attached hydrogens (tertiary/aromatic N) is 1. The second-order valence-electron chi connectivity index (χ2n) is 7.92. The number of carbonyl (C=O) groups is 3. The number of fused-ring (bicyclic) bond motifs is 1. The van der Waals surface area contributed by atoms with Crippen molar-refractivity contribution in [3.05, 3.63) is 70.8 Å². The number of esters is 1. The van der Waals surface area contributed by atoms with Crippen molar-refractivity contribution in [2.45, 2.75) is 45.6 Å². The highest BCUT2D eigenvalue weighted by Crippen LogP contribution is 2.34. The van der Waals surface area contributed by atoms with Crippen molar-refractivity contribution < 1.29 is 19.1 Å². The van der Waals surface area contributed by atoms with Crippen LogP contribution >= 0.6 is 0 Å². The lowest BCUT2D eigenvalue weighted by Gasteiger charge is -2.27. The quantitative estimate of drug-likeness (QED) is 0.575. The van der Waals surface area contributed by atoms with Gasteiger partial charge in [-0.05, 0) is 35.6 Å². The van der Waals surface area contributed by atoms with Crippen molar-refractivity contribution in [1.82, 2.24) is 4.90 Å². The van der Waals surface area contributed by atoms with Gasteiger partial charge in [-0.25, -0.2) is 0 Å². The summed E-state index contributed by atoms with van der Waals surface area (Å²) in [6.07, 6.45) is -0.0752. The van der Waals surface area contributed by atoms with E-state index >= 15 is 0 Å². The molecule has 1 aliphatic rings. The molecule has 1 unspecified atom stereocenters. The van der Waals surface area contributed by atoms with Crippen molar-refractivity contribution in [2.24, 2.45) is 0 Å². The number of imide groups is 1. The van der Waals surface area contributed by atoms with Crippen LogP contribution in [0.5, 0.6) is 0 Å². The largest absolute Gasteiger partial charge is 0.466 e. The summed E-state index contributed by atoms with van der Waals surface area (Å²) in [6, 6.07) is 13.7. The van der Waals surface area contributed by atoms with Gasteiger partial charge in [-0.15, -0.1) is 0 Å². The maximum absolute atomic E-state index is 12.9. The molecule has 1 heterocycles. The maximum atomic E-state index is 12.9. The molecule has 2 amide bonds. The van der Waals surface area contributed by atoms with Gasteiger partial charge in [-0.2, -0.15) is 0 Å². The van der Waals surface area contributed by atoms with Gasteiger partial charge in [-0.1, -0.05) is 57.2 Å². The lowest BCUT2D eigenvalue weighted by Crippen LogP contribution is -2.35. The number of hydrogen-bond donors (Lipinski definition) is 0. The van der Waals surface area contributed by atoms with Crippen LogP contribution in [0.3, 0.4) is 0 Å². The highest BCUT2D eigenvalue weighted by molar-refractivity contribution is 6.21. The van der Waals surface area contributed by atoms with Crippen LogP contribution in [0.25, 0.3) is 0 Å². The Bertz CT molecular complexity index is 874. The minimum absolute atomic E-state index is 0.0231. The molecule has 0 N–H and O–H groups in total. The van der Waals surface area contributed by atoms with Crippen molar-refractivity contribution in [3.8, 4) is 0 Å². The van der Waals surface area contributed by atoms with E-state index in [0.717, 1.165) is 11.1 Å². The summed E-state index contributed by atoms with van der Waals surface area (Å²) in [7, 11) is 0. The van der Waals surface area contributed by atoms with Gasteiger partial charge in [0.2, 0.25) is 0 Å². The van der Waals surface area contributed by atoms with Gasteiger partial charge in [0.15, 0.2) is 0 Å². The number of benzene rings is 2. The second-order valence-corrected chi connectivity index (χ2v) is 7.92. The van der Waals surface area contributed by atoms with E-state index in [4.69, 9.17) is 4.74 Å². The molecule has 0 radical (unpaired) electrons. The third-order valence-corrected chi connectivity index (χ3v) is 4.96. The summed E-state index contributed by atoms with van der Waals surface area (Å²) in [5, 5.41) is 0. The van der Waals surface area contributed by atoms with Crippen LogP contribution in [0.15, 0.2) is 48.5 Å². The Morgan fingerprint density at radius 3 is 1.96 bits per heavy atom. The molecule has 0 saturated carbocycles. The molecule has 1 atom stereocenters. The topological polar surface area (TPSA) is 63.7 Å². The normalized spacial score (nSPS) is 14.8. The molecule has 1 aliphatic heterocycles. The summed E-state index contributed by atoms with van der Waals surface area (Å²) in [6.45, 7) is 8.32. The van der Waals surface area contributed by atoms with Gasteiger partial charge in [-0.3, -0.25) is 19.3 Å². The first kappa shape index (κ1) is 19.8. The number of carbonyl (C=O) groups excluding carboxylic acids is 3. The second kappa shape index (κ2) is 7.58. The summed E-state index contributed by atoms with van der Waals surface area (Å²) >= 11 is 0. The zero-order valence-corrected chi connectivity index (χ0v) is 16.7. The highest BCUT2D eigenvalue weighted by Gasteiger charge is 2.41. The van der Waals surface area contributed by atoms with E-state index in [9.17, 15) is 14.4 Å². The Kier molecular flexibility index (Phi) is 5.36. The van der Waals surface area contributed by atoms with Crippen molar-refractivity contribution in [1.29, 1.82) is 0 Å². The smallest absolute Gasteiger partial charge is 0.308 e. The lowest BCUT2D eigenvalue weighted by molar-refractivity contribution is -0.144. The Morgan fingerprint density at radius 2 is 1.50 bits per heavy atom. The Balaban J connectivity index is 2.00. The molecule has 2 aromatic carbocycles. The molecule has 0 aliphatic carbocycles. The minimum Gasteiger partial charge on any atom is -0.466 e. The minimum atomic E-state index is -0.708. The molecular weight excluding hydrogens is 354 g/mol. The maximum Gasteiger partial charge on any atom is 0.308 e. The molecule has 28 heavy (non-hydrogen) atoms.